The first kappa shape index (κ1) is 13.8. The van der Waals surface area contributed by atoms with Gasteiger partial charge in [-0.15, -0.1) is 0 Å². The van der Waals surface area contributed by atoms with E-state index >= 15 is 0 Å². The van der Waals surface area contributed by atoms with Gasteiger partial charge >= 0.3 is 0 Å². The van der Waals surface area contributed by atoms with Crippen LogP contribution < -0.4 is 4.90 Å². The smallest absolute Gasteiger partial charge is 0.186 e. The van der Waals surface area contributed by atoms with E-state index in [4.69, 9.17) is 0 Å². The van der Waals surface area contributed by atoms with Crippen LogP contribution in [-0.2, 0) is 0 Å². The van der Waals surface area contributed by atoms with Crippen LogP contribution in [0, 0.1) is 18.7 Å². The Morgan fingerprint density at radius 2 is 1.85 bits per heavy atom. The monoisotopic (exact) mass is 277 g/mol. The summed E-state index contributed by atoms with van der Waals surface area (Å²) in [6, 6.07) is 0.487. The van der Waals surface area contributed by atoms with Gasteiger partial charge in [-0.05, 0) is 44.9 Å². The van der Waals surface area contributed by atoms with Crippen LogP contribution in [-0.4, -0.2) is 22.6 Å². The Hall–Kier alpha value is -1.19. The zero-order valence-corrected chi connectivity index (χ0v) is 12.3. The zero-order chi connectivity index (χ0) is 13.9. The van der Waals surface area contributed by atoms with Gasteiger partial charge in [-0.2, -0.15) is 0 Å². The molecule has 0 aromatic carbocycles. The van der Waals surface area contributed by atoms with Crippen molar-refractivity contribution in [3.63, 3.8) is 0 Å². The third-order valence-corrected chi connectivity index (χ3v) is 4.91. The number of nitrogens with zero attached hydrogens (tertiary/aromatic N) is 3. The van der Waals surface area contributed by atoms with Crippen molar-refractivity contribution >= 4 is 5.82 Å². The number of hydrogen-bond donors (Lipinski definition) is 0. The minimum atomic E-state index is -0.227. The van der Waals surface area contributed by atoms with Crippen molar-refractivity contribution < 1.29 is 4.39 Å². The zero-order valence-electron chi connectivity index (χ0n) is 12.3. The maximum Gasteiger partial charge on any atom is 0.186 e. The fraction of sp³-hybridized carbons (Fsp3) is 0.750. The minimum Gasteiger partial charge on any atom is -0.351 e. The van der Waals surface area contributed by atoms with Gasteiger partial charge in [-0.25, -0.2) is 14.4 Å². The second kappa shape index (κ2) is 6.06. The molecule has 1 aromatic rings. The molecule has 0 unspecified atom stereocenters. The van der Waals surface area contributed by atoms with Crippen molar-refractivity contribution in [3.05, 3.63) is 17.8 Å². The van der Waals surface area contributed by atoms with Crippen LogP contribution >= 0.6 is 0 Å². The lowest BCUT2D eigenvalue weighted by atomic mass is 9.86. The molecule has 110 valence electrons. The Morgan fingerprint density at radius 3 is 2.50 bits per heavy atom. The fourth-order valence-electron chi connectivity index (χ4n) is 3.40. The van der Waals surface area contributed by atoms with E-state index in [-0.39, 0.29) is 5.82 Å². The molecule has 0 radical (unpaired) electrons. The molecule has 2 aliphatic rings. The van der Waals surface area contributed by atoms with Gasteiger partial charge in [0.05, 0.1) is 5.69 Å². The Bertz CT molecular complexity index is 453. The van der Waals surface area contributed by atoms with Crippen LogP contribution in [0.15, 0.2) is 6.33 Å². The van der Waals surface area contributed by atoms with E-state index in [9.17, 15) is 4.39 Å². The summed E-state index contributed by atoms with van der Waals surface area (Å²) >= 11 is 0. The highest BCUT2D eigenvalue weighted by Crippen LogP contribution is 2.33. The van der Waals surface area contributed by atoms with E-state index in [2.05, 4.69) is 14.9 Å². The standard InChI is InChI=1S/C16H24FN3/c1-12-15(17)16(19-11-18-12)20(14-8-5-9-14)10-13-6-3-2-4-7-13/h11,13-14H,2-10H2,1H3. The SMILES string of the molecule is Cc1ncnc(N(CC2CCCCC2)C2CCC2)c1F. The predicted octanol–water partition coefficient (Wildman–Crippen LogP) is 3.86. The molecule has 4 heteroatoms. The third kappa shape index (κ3) is 2.79. The Morgan fingerprint density at radius 1 is 1.10 bits per heavy atom. The highest BCUT2D eigenvalue weighted by Gasteiger charge is 2.30. The maximum absolute atomic E-state index is 14.4. The average molecular weight is 277 g/mol. The first-order valence-corrected chi connectivity index (χ1v) is 7.99. The molecule has 0 amide bonds. The van der Waals surface area contributed by atoms with E-state index in [1.807, 2.05) is 0 Å². The molecule has 3 nitrogen and oxygen atoms in total. The van der Waals surface area contributed by atoms with E-state index < -0.39 is 0 Å². The number of hydrogen-bond acceptors (Lipinski definition) is 3. The largest absolute Gasteiger partial charge is 0.351 e. The summed E-state index contributed by atoms with van der Waals surface area (Å²) in [7, 11) is 0. The molecule has 2 aliphatic carbocycles. The summed E-state index contributed by atoms with van der Waals surface area (Å²) in [5, 5.41) is 0. The lowest BCUT2D eigenvalue weighted by Crippen LogP contribution is -2.44. The lowest BCUT2D eigenvalue weighted by molar-refractivity contribution is 0.313. The molecule has 1 aromatic heterocycles. The van der Waals surface area contributed by atoms with Crippen molar-refractivity contribution in [2.75, 3.05) is 11.4 Å². The molecule has 0 bridgehead atoms. The molecule has 3 rings (SSSR count). The van der Waals surface area contributed by atoms with E-state index in [1.165, 1.54) is 57.7 Å². The van der Waals surface area contributed by atoms with Gasteiger partial charge in [0.25, 0.3) is 0 Å². The molecule has 2 saturated carbocycles. The third-order valence-electron chi connectivity index (χ3n) is 4.91. The van der Waals surface area contributed by atoms with Gasteiger partial charge in [0.15, 0.2) is 11.6 Å². The van der Waals surface area contributed by atoms with Crippen LogP contribution in [0.4, 0.5) is 10.2 Å². The molecule has 20 heavy (non-hydrogen) atoms. The average Bonchev–Trinajstić information content (AvgIpc) is 2.40. The van der Waals surface area contributed by atoms with Gasteiger partial charge in [-0.1, -0.05) is 19.3 Å². The van der Waals surface area contributed by atoms with Crippen LogP contribution in [0.3, 0.4) is 0 Å². The summed E-state index contributed by atoms with van der Waals surface area (Å²) in [5.74, 6) is 1.02. The summed E-state index contributed by atoms with van der Waals surface area (Å²) < 4.78 is 14.4. The molecular formula is C16H24FN3. The summed E-state index contributed by atoms with van der Waals surface area (Å²) in [6.07, 6.45) is 11.7. The van der Waals surface area contributed by atoms with Crippen LogP contribution in [0.2, 0.25) is 0 Å². The molecule has 1 heterocycles. The van der Waals surface area contributed by atoms with Crippen LogP contribution in [0.25, 0.3) is 0 Å². The van der Waals surface area contributed by atoms with Crippen LogP contribution in [0.1, 0.15) is 57.1 Å². The topological polar surface area (TPSA) is 29.0 Å². The van der Waals surface area contributed by atoms with Crippen molar-refractivity contribution in [3.8, 4) is 0 Å². The lowest BCUT2D eigenvalue weighted by Gasteiger charge is -2.41. The van der Waals surface area contributed by atoms with Crippen molar-refractivity contribution in [1.29, 1.82) is 0 Å². The van der Waals surface area contributed by atoms with Crippen molar-refractivity contribution in [1.82, 2.24) is 9.97 Å². The van der Waals surface area contributed by atoms with E-state index in [0.29, 0.717) is 23.5 Å². The summed E-state index contributed by atoms with van der Waals surface area (Å²) in [5.41, 5.74) is 0.461. The van der Waals surface area contributed by atoms with E-state index in [0.717, 1.165) is 6.54 Å². The predicted molar refractivity (Wildman–Crippen MR) is 78.3 cm³/mol. The maximum atomic E-state index is 14.4. The molecule has 2 fully saturated rings. The second-order valence-electron chi connectivity index (χ2n) is 6.34. The molecule has 0 aliphatic heterocycles. The van der Waals surface area contributed by atoms with Crippen molar-refractivity contribution in [2.24, 2.45) is 5.92 Å². The molecular weight excluding hydrogens is 253 g/mol. The fourth-order valence-corrected chi connectivity index (χ4v) is 3.40. The first-order chi connectivity index (χ1) is 9.75. The molecule has 0 spiro atoms. The number of rotatable bonds is 4. The van der Waals surface area contributed by atoms with Gasteiger partial charge in [0.2, 0.25) is 0 Å². The van der Waals surface area contributed by atoms with Crippen LogP contribution in [0.5, 0.6) is 0 Å². The Labute approximate surface area is 120 Å². The Balaban J connectivity index is 1.79. The number of anilines is 1. The van der Waals surface area contributed by atoms with Gasteiger partial charge in [-0.3, -0.25) is 0 Å². The Kier molecular flexibility index (Phi) is 4.18. The van der Waals surface area contributed by atoms with Gasteiger partial charge in [0.1, 0.15) is 6.33 Å². The summed E-state index contributed by atoms with van der Waals surface area (Å²) in [6.45, 7) is 2.69. The molecule has 0 N–H and O–H groups in total. The highest BCUT2D eigenvalue weighted by molar-refractivity contribution is 5.42. The molecule has 0 saturated heterocycles. The summed E-state index contributed by atoms with van der Waals surface area (Å²) in [4.78, 5) is 10.4. The minimum absolute atomic E-state index is 0.227. The number of aromatic nitrogens is 2. The van der Waals surface area contributed by atoms with Gasteiger partial charge in [0, 0.05) is 12.6 Å². The number of aryl methyl sites for hydroxylation is 1. The normalized spacial score (nSPS) is 20.7. The quantitative estimate of drug-likeness (QED) is 0.836. The number of halogens is 1. The van der Waals surface area contributed by atoms with Crippen molar-refractivity contribution in [2.45, 2.75) is 64.3 Å². The highest BCUT2D eigenvalue weighted by atomic mass is 19.1. The van der Waals surface area contributed by atoms with Gasteiger partial charge < -0.3 is 4.90 Å². The first-order valence-electron chi connectivity index (χ1n) is 7.99. The molecule has 0 atom stereocenters. The second-order valence-corrected chi connectivity index (χ2v) is 6.34. The van der Waals surface area contributed by atoms with E-state index in [1.54, 1.807) is 6.92 Å².